The lowest BCUT2D eigenvalue weighted by Crippen LogP contribution is -1.99. The lowest BCUT2D eigenvalue weighted by Gasteiger charge is -2.09. The Morgan fingerprint density at radius 3 is 1.76 bits per heavy atom. The number of rotatable bonds is 15. The molecule has 0 spiro atoms. The lowest BCUT2D eigenvalue weighted by molar-refractivity contribution is -0.140. The van der Waals surface area contributed by atoms with Crippen molar-refractivity contribution >= 4 is 5.97 Å². The zero-order valence-corrected chi connectivity index (χ0v) is 14.8. The van der Waals surface area contributed by atoms with E-state index in [-0.39, 0.29) is 5.97 Å². The molecule has 0 fully saturated rings. The molecule has 0 aliphatic rings. The highest BCUT2D eigenvalue weighted by Gasteiger charge is 2.00. The Morgan fingerprint density at radius 1 is 0.810 bits per heavy atom. The van der Waals surface area contributed by atoms with Crippen LogP contribution in [0.3, 0.4) is 0 Å². The van der Waals surface area contributed by atoms with E-state index >= 15 is 0 Å². The molecule has 0 N–H and O–H groups in total. The van der Waals surface area contributed by atoms with E-state index in [9.17, 15) is 4.79 Å². The first-order chi connectivity index (χ1) is 10.2. The molecule has 0 saturated carbocycles. The second kappa shape index (κ2) is 15.9. The maximum Gasteiger partial charge on any atom is 0.305 e. The molecule has 2 nitrogen and oxygen atoms in total. The molecule has 0 unspecified atom stereocenters. The van der Waals surface area contributed by atoms with Crippen LogP contribution in [0, 0.1) is 5.92 Å². The van der Waals surface area contributed by atoms with Gasteiger partial charge >= 0.3 is 5.97 Å². The lowest BCUT2D eigenvalue weighted by atomic mass is 9.98. The maximum absolute atomic E-state index is 10.9. The van der Waals surface area contributed by atoms with E-state index in [0.717, 1.165) is 12.3 Å². The van der Waals surface area contributed by atoms with Crippen LogP contribution < -0.4 is 0 Å². The maximum atomic E-state index is 10.9. The van der Waals surface area contributed by atoms with Crippen LogP contribution in [-0.4, -0.2) is 13.1 Å². The third kappa shape index (κ3) is 15.7. The van der Waals surface area contributed by atoms with Gasteiger partial charge in [-0.1, -0.05) is 90.9 Å². The van der Waals surface area contributed by atoms with Crippen molar-refractivity contribution in [3.8, 4) is 0 Å². The first-order valence-corrected chi connectivity index (χ1v) is 9.27. The molecule has 0 heterocycles. The van der Waals surface area contributed by atoms with Crippen molar-refractivity contribution in [2.45, 2.75) is 104 Å². The summed E-state index contributed by atoms with van der Waals surface area (Å²) in [4.78, 5) is 10.9. The number of hydrogen-bond donors (Lipinski definition) is 0. The number of carbonyl (C=O) groups excluding carboxylic acids is 1. The molecular weight excluding hydrogens is 260 g/mol. The highest BCUT2D eigenvalue weighted by Crippen LogP contribution is 2.16. The van der Waals surface area contributed by atoms with Gasteiger partial charge in [-0.2, -0.15) is 0 Å². The van der Waals surface area contributed by atoms with Gasteiger partial charge < -0.3 is 4.74 Å². The van der Waals surface area contributed by atoms with Crippen molar-refractivity contribution in [1.82, 2.24) is 0 Å². The Balaban J connectivity index is 3.07. The largest absolute Gasteiger partial charge is 0.469 e. The summed E-state index contributed by atoms with van der Waals surface area (Å²) in [5.41, 5.74) is 0. The van der Waals surface area contributed by atoms with Gasteiger partial charge in [-0.3, -0.25) is 4.79 Å². The summed E-state index contributed by atoms with van der Waals surface area (Å²) in [7, 11) is 1.47. The fourth-order valence-electron chi connectivity index (χ4n) is 2.92. The minimum absolute atomic E-state index is 0.0664. The molecule has 1 atom stereocenters. The Bertz CT molecular complexity index is 226. The molecule has 0 aliphatic heterocycles. The standard InChI is InChI=1S/C19H38O2/c1-4-15-18(2)16-13-11-9-7-5-6-8-10-12-14-17-19(20)21-3/h18H,4-17H2,1-3H3/t18-/m0/s1. The number of unbranched alkanes of at least 4 members (excludes halogenated alkanes) is 9. The van der Waals surface area contributed by atoms with Gasteiger partial charge in [0.05, 0.1) is 7.11 Å². The van der Waals surface area contributed by atoms with E-state index in [0.29, 0.717) is 6.42 Å². The van der Waals surface area contributed by atoms with Gasteiger partial charge in [-0.25, -0.2) is 0 Å². The summed E-state index contributed by atoms with van der Waals surface area (Å²) in [5, 5.41) is 0. The third-order valence-electron chi connectivity index (χ3n) is 4.34. The van der Waals surface area contributed by atoms with Crippen LogP contribution in [0.1, 0.15) is 104 Å². The summed E-state index contributed by atoms with van der Waals surface area (Å²) >= 11 is 0. The normalized spacial score (nSPS) is 12.3. The van der Waals surface area contributed by atoms with Gasteiger partial charge in [0, 0.05) is 6.42 Å². The van der Waals surface area contributed by atoms with Crippen molar-refractivity contribution < 1.29 is 9.53 Å². The Labute approximate surface area is 133 Å². The SMILES string of the molecule is CCC[C@H](C)CCCCCCCCCCCCC(=O)OC. The average molecular weight is 299 g/mol. The molecule has 0 rings (SSSR count). The third-order valence-corrected chi connectivity index (χ3v) is 4.34. The molecule has 0 bridgehead atoms. The second-order valence-corrected chi connectivity index (χ2v) is 6.54. The highest BCUT2D eigenvalue weighted by molar-refractivity contribution is 5.68. The van der Waals surface area contributed by atoms with Crippen LogP contribution in [0.4, 0.5) is 0 Å². The number of ether oxygens (including phenoxy) is 1. The van der Waals surface area contributed by atoms with Crippen LogP contribution in [0.2, 0.25) is 0 Å². The first kappa shape index (κ1) is 20.5. The van der Waals surface area contributed by atoms with Gasteiger partial charge in [0.25, 0.3) is 0 Å². The van der Waals surface area contributed by atoms with Gasteiger partial charge in [-0.05, 0) is 12.3 Å². The number of esters is 1. The molecule has 0 aromatic rings. The van der Waals surface area contributed by atoms with Crippen molar-refractivity contribution in [1.29, 1.82) is 0 Å². The first-order valence-electron chi connectivity index (χ1n) is 9.27. The van der Waals surface area contributed by atoms with Gasteiger partial charge in [0.1, 0.15) is 0 Å². The van der Waals surface area contributed by atoms with Gasteiger partial charge in [0.2, 0.25) is 0 Å². The van der Waals surface area contributed by atoms with Gasteiger partial charge in [-0.15, -0.1) is 0 Å². The predicted molar refractivity (Wildman–Crippen MR) is 91.5 cm³/mol. The zero-order valence-electron chi connectivity index (χ0n) is 14.8. The Kier molecular flexibility index (Phi) is 15.5. The quantitative estimate of drug-likeness (QED) is 0.263. The van der Waals surface area contributed by atoms with Crippen molar-refractivity contribution in [2.24, 2.45) is 5.92 Å². The van der Waals surface area contributed by atoms with Crippen LogP contribution in [0.25, 0.3) is 0 Å². The van der Waals surface area contributed by atoms with E-state index in [4.69, 9.17) is 0 Å². The highest BCUT2D eigenvalue weighted by atomic mass is 16.5. The van der Waals surface area contributed by atoms with Gasteiger partial charge in [0.15, 0.2) is 0 Å². The minimum Gasteiger partial charge on any atom is -0.469 e. The molecule has 0 aliphatic carbocycles. The van der Waals surface area contributed by atoms with Crippen molar-refractivity contribution in [2.75, 3.05) is 7.11 Å². The van der Waals surface area contributed by atoms with Crippen LogP contribution in [-0.2, 0) is 9.53 Å². The fraction of sp³-hybridized carbons (Fsp3) is 0.947. The monoisotopic (exact) mass is 298 g/mol. The average Bonchev–Trinajstić information content (AvgIpc) is 2.48. The summed E-state index contributed by atoms with van der Waals surface area (Å²) in [6.45, 7) is 4.68. The van der Waals surface area contributed by atoms with E-state index in [1.165, 1.54) is 84.2 Å². The number of methoxy groups -OCH3 is 1. The minimum atomic E-state index is -0.0664. The van der Waals surface area contributed by atoms with Crippen LogP contribution >= 0.6 is 0 Å². The van der Waals surface area contributed by atoms with E-state index < -0.39 is 0 Å². The topological polar surface area (TPSA) is 26.3 Å². The molecule has 2 heteroatoms. The molecule has 0 aromatic carbocycles. The van der Waals surface area contributed by atoms with Crippen LogP contribution in [0.15, 0.2) is 0 Å². The summed E-state index contributed by atoms with van der Waals surface area (Å²) in [6, 6.07) is 0. The molecular formula is C19H38O2. The van der Waals surface area contributed by atoms with Crippen LogP contribution in [0.5, 0.6) is 0 Å². The molecule has 21 heavy (non-hydrogen) atoms. The summed E-state index contributed by atoms with van der Waals surface area (Å²) in [6.07, 6.45) is 17.9. The Morgan fingerprint density at radius 2 is 1.29 bits per heavy atom. The van der Waals surface area contributed by atoms with Crippen molar-refractivity contribution in [3.63, 3.8) is 0 Å². The summed E-state index contributed by atoms with van der Waals surface area (Å²) in [5.74, 6) is 0.864. The second-order valence-electron chi connectivity index (χ2n) is 6.54. The smallest absolute Gasteiger partial charge is 0.305 e. The number of hydrogen-bond acceptors (Lipinski definition) is 2. The van der Waals surface area contributed by atoms with E-state index in [1.54, 1.807) is 0 Å². The predicted octanol–water partition coefficient (Wildman–Crippen LogP) is 6.28. The van der Waals surface area contributed by atoms with E-state index in [2.05, 4.69) is 18.6 Å². The summed E-state index contributed by atoms with van der Waals surface area (Å²) < 4.78 is 4.63. The molecule has 0 amide bonds. The van der Waals surface area contributed by atoms with E-state index in [1.807, 2.05) is 0 Å². The molecule has 0 aromatic heterocycles. The van der Waals surface area contributed by atoms with Crippen molar-refractivity contribution in [3.05, 3.63) is 0 Å². The zero-order chi connectivity index (χ0) is 15.8. The molecule has 126 valence electrons. The molecule has 0 radical (unpaired) electrons. The Hall–Kier alpha value is -0.530. The number of carbonyl (C=O) groups is 1. The fourth-order valence-corrected chi connectivity index (χ4v) is 2.92. The molecule has 0 saturated heterocycles.